The lowest BCUT2D eigenvalue weighted by molar-refractivity contribution is -0.715. The van der Waals surface area contributed by atoms with Crippen LogP contribution in [0.4, 0.5) is 5.69 Å². The van der Waals surface area contributed by atoms with Gasteiger partial charge in [-0.1, -0.05) is 61.9 Å². The zero-order chi connectivity index (χ0) is 25.9. The van der Waals surface area contributed by atoms with Crippen LogP contribution in [0.5, 0.6) is 0 Å². The van der Waals surface area contributed by atoms with E-state index in [1.807, 2.05) is 67.6 Å². The van der Waals surface area contributed by atoms with Crippen LogP contribution in [-0.2, 0) is 14.6 Å². The summed E-state index contributed by atoms with van der Waals surface area (Å²) in [5, 5.41) is 2.12. The number of quaternary nitrogens is 1. The average molecular weight is 539 g/mol. The van der Waals surface area contributed by atoms with Crippen molar-refractivity contribution < 1.29 is 30.9 Å². The summed E-state index contributed by atoms with van der Waals surface area (Å²) in [5.41, 5.74) is 11.6. The fraction of sp³-hybridized carbons (Fsp3) is 0.300. The van der Waals surface area contributed by atoms with Crippen molar-refractivity contribution in [3.05, 3.63) is 89.0 Å². The van der Waals surface area contributed by atoms with Gasteiger partial charge in [0.2, 0.25) is 5.78 Å². The third kappa shape index (κ3) is 6.50. The number of aryl methyl sites for hydroxylation is 1. The van der Waals surface area contributed by atoms with Gasteiger partial charge in [0.05, 0.1) is 16.7 Å². The number of halogens is 1. The largest absolute Gasteiger partial charge is 1.00 e. The number of nitrogen functional groups attached to an aromatic ring is 1. The Morgan fingerprint density at radius 2 is 1.57 bits per heavy atom. The summed E-state index contributed by atoms with van der Waals surface area (Å²) in [4.78, 5) is 14.3. The SMILES string of the molecule is CCC(CC)[NH2+]C(C(=O)C1=Cc2cc(-c3ccc(C)cc3)ccc2S(=O)(=O)CC1)c1ccc(N)cc1.[Cl-]. The summed E-state index contributed by atoms with van der Waals surface area (Å²) in [6, 6.07) is 20.8. The minimum Gasteiger partial charge on any atom is -1.00 e. The van der Waals surface area contributed by atoms with Crippen LogP contribution < -0.4 is 23.5 Å². The monoisotopic (exact) mass is 538 g/mol. The highest BCUT2D eigenvalue weighted by molar-refractivity contribution is 7.91. The molecule has 0 fully saturated rings. The lowest BCUT2D eigenvalue weighted by atomic mass is 9.92. The van der Waals surface area contributed by atoms with Crippen molar-refractivity contribution in [2.24, 2.45) is 0 Å². The number of sulfone groups is 1. The predicted octanol–water partition coefficient (Wildman–Crippen LogP) is 1.87. The van der Waals surface area contributed by atoms with Crippen LogP contribution in [0.1, 0.15) is 55.8 Å². The highest BCUT2D eigenvalue weighted by Gasteiger charge is 2.32. The zero-order valence-corrected chi connectivity index (χ0v) is 23.1. The molecule has 0 aromatic heterocycles. The molecule has 1 atom stereocenters. The van der Waals surface area contributed by atoms with E-state index in [1.165, 1.54) is 0 Å². The molecule has 0 saturated carbocycles. The molecule has 0 aliphatic carbocycles. The first-order valence-corrected chi connectivity index (χ1v) is 14.3. The number of hydrogen-bond acceptors (Lipinski definition) is 4. The van der Waals surface area contributed by atoms with E-state index in [9.17, 15) is 13.2 Å². The molecule has 1 unspecified atom stereocenters. The van der Waals surface area contributed by atoms with Gasteiger partial charge in [-0.2, -0.15) is 0 Å². The Hall–Kier alpha value is -2.93. The van der Waals surface area contributed by atoms with Gasteiger partial charge in [0.25, 0.3) is 0 Å². The van der Waals surface area contributed by atoms with Gasteiger partial charge >= 0.3 is 0 Å². The number of Topliss-reactive ketones (excluding diaryl/α,β-unsaturated/α-hetero) is 1. The number of carbonyl (C=O) groups is 1. The van der Waals surface area contributed by atoms with Crippen LogP contribution in [-0.4, -0.2) is 26.0 Å². The summed E-state index contributed by atoms with van der Waals surface area (Å²) in [5.74, 6) is -0.128. The van der Waals surface area contributed by atoms with Gasteiger partial charge in [-0.25, -0.2) is 8.42 Å². The van der Waals surface area contributed by atoms with E-state index < -0.39 is 15.9 Å². The van der Waals surface area contributed by atoms with Crippen molar-refractivity contribution >= 4 is 27.4 Å². The van der Waals surface area contributed by atoms with Crippen molar-refractivity contribution in [3.8, 4) is 11.1 Å². The van der Waals surface area contributed by atoms with Crippen LogP contribution in [0.3, 0.4) is 0 Å². The summed E-state index contributed by atoms with van der Waals surface area (Å²) in [6.45, 7) is 6.27. The van der Waals surface area contributed by atoms with E-state index in [1.54, 1.807) is 12.1 Å². The molecule has 0 bridgehead atoms. The maximum Gasteiger partial charge on any atom is 0.220 e. The van der Waals surface area contributed by atoms with E-state index in [2.05, 4.69) is 19.2 Å². The number of ketones is 1. The molecule has 5 nitrogen and oxygen atoms in total. The number of fused-ring (bicyclic) bond motifs is 1. The van der Waals surface area contributed by atoms with Crippen molar-refractivity contribution in [2.75, 3.05) is 11.5 Å². The second-order valence-electron chi connectivity index (χ2n) is 9.63. The zero-order valence-electron chi connectivity index (χ0n) is 21.6. The number of hydrogen-bond donors (Lipinski definition) is 2. The molecule has 4 N–H and O–H groups in total. The molecular weight excluding hydrogens is 504 g/mol. The maximum absolute atomic E-state index is 14.0. The number of anilines is 1. The standard InChI is InChI=1S/C30H34N2O3S.ClH/c1-4-27(5-2)32-29(22-10-13-26(31)14-11-22)30(33)24-16-17-36(34,35)28-15-12-23(18-25(28)19-24)21-8-6-20(3)7-9-21;/h6-15,18-19,27,29,32H,4-5,16-17,31H2,1-3H3;1H. The van der Waals surface area contributed by atoms with Crippen LogP contribution in [0.15, 0.2) is 77.2 Å². The van der Waals surface area contributed by atoms with Crippen molar-refractivity contribution in [2.45, 2.75) is 57.0 Å². The van der Waals surface area contributed by atoms with E-state index in [4.69, 9.17) is 5.73 Å². The van der Waals surface area contributed by atoms with E-state index in [-0.39, 0.29) is 41.3 Å². The molecule has 4 rings (SSSR count). The Morgan fingerprint density at radius 1 is 0.946 bits per heavy atom. The van der Waals surface area contributed by atoms with Gasteiger partial charge in [0, 0.05) is 16.8 Å². The van der Waals surface area contributed by atoms with Gasteiger partial charge in [0.1, 0.15) is 0 Å². The van der Waals surface area contributed by atoms with Gasteiger partial charge in [-0.3, -0.25) is 4.79 Å². The van der Waals surface area contributed by atoms with Crippen LogP contribution in [0.2, 0.25) is 0 Å². The summed E-state index contributed by atoms with van der Waals surface area (Å²) in [6.07, 6.45) is 3.86. The Morgan fingerprint density at radius 3 is 2.19 bits per heavy atom. The molecule has 3 aromatic carbocycles. The van der Waals surface area contributed by atoms with Gasteiger partial charge < -0.3 is 23.5 Å². The number of rotatable bonds is 8. The molecule has 0 amide bonds. The lowest BCUT2D eigenvalue weighted by Crippen LogP contribution is -3.00. The number of benzene rings is 3. The molecular formula is C30H35ClN2O3S. The fourth-order valence-corrected chi connectivity index (χ4v) is 6.23. The fourth-order valence-electron chi connectivity index (χ4n) is 4.76. The second kappa shape index (κ2) is 12.1. The molecule has 0 spiro atoms. The number of nitrogens with two attached hydrogens (primary N) is 2. The smallest absolute Gasteiger partial charge is 0.220 e. The molecule has 0 saturated heterocycles. The van der Waals surface area contributed by atoms with Crippen LogP contribution in [0, 0.1) is 6.92 Å². The minimum atomic E-state index is -3.51. The Balaban J connectivity index is 0.00000380. The molecule has 3 aromatic rings. The van der Waals surface area contributed by atoms with Crippen LogP contribution >= 0.6 is 0 Å². The summed E-state index contributed by atoms with van der Waals surface area (Å²) < 4.78 is 26.3. The van der Waals surface area contributed by atoms with E-state index >= 15 is 0 Å². The summed E-state index contributed by atoms with van der Waals surface area (Å²) in [7, 11) is -3.51. The normalized spacial score (nSPS) is 15.2. The predicted molar refractivity (Wildman–Crippen MR) is 146 cm³/mol. The van der Waals surface area contributed by atoms with E-state index in [0.717, 1.165) is 35.1 Å². The van der Waals surface area contributed by atoms with Gasteiger partial charge in [-0.05, 0) is 73.2 Å². The highest BCUT2D eigenvalue weighted by atomic mass is 35.5. The third-order valence-electron chi connectivity index (χ3n) is 7.11. The Labute approximate surface area is 226 Å². The third-order valence-corrected chi connectivity index (χ3v) is 8.89. The molecule has 1 aliphatic heterocycles. The first-order valence-electron chi connectivity index (χ1n) is 12.6. The molecule has 1 aliphatic rings. The Bertz CT molecular complexity index is 1380. The first kappa shape index (κ1) is 28.6. The molecule has 7 heteroatoms. The van der Waals surface area contributed by atoms with E-state index in [0.29, 0.717) is 16.8 Å². The highest BCUT2D eigenvalue weighted by Crippen LogP contribution is 2.32. The lowest BCUT2D eigenvalue weighted by Gasteiger charge is -2.21. The molecule has 0 radical (unpaired) electrons. The summed E-state index contributed by atoms with van der Waals surface area (Å²) >= 11 is 0. The topological polar surface area (TPSA) is 93.8 Å². The average Bonchev–Trinajstić information content (AvgIpc) is 3.01. The van der Waals surface area contributed by atoms with Crippen molar-refractivity contribution in [1.82, 2.24) is 0 Å². The Kier molecular flexibility index (Phi) is 9.35. The van der Waals surface area contributed by atoms with Crippen molar-refractivity contribution in [1.29, 1.82) is 0 Å². The molecule has 1 heterocycles. The first-order chi connectivity index (χ1) is 17.2. The molecule has 196 valence electrons. The maximum atomic E-state index is 14.0. The van der Waals surface area contributed by atoms with Gasteiger partial charge in [-0.15, -0.1) is 0 Å². The van der Waals surface area contributed by atoms with Crippen molar-refractivity contribution in [3.63, 3.8) is 0 Å². The second-order valence-corrected chi connectivity index (χ2v) is 11.7. The number of carbonyl (C=O) groups excluding carboxylic acids is 1. The quantitative estimate of drug-likeness (QED) is 0.428. The van der Waals surface area contributed by atoms with Gasteiger partial charge in [0.15, 0.2) is 15.9 Å². The molecule has 37 heavy (non-hydrogen) atoms. The van der Waals surface area contributed by atoms with Crippen LogP contribution in [0.25, 0.3) is 17.2 Å². The minimum absolute atomic E-state index is 0.